The van der Waals surface area contributed by atoms with Crippen molar-refractivity contribution in [3.63, 3.8) is 0 Å². The molecule has 0 saturated carbocycles. The van der Waals surface area contributed by atoms with E-state index in [9.17, 15) is 4.79 Å². The molecular weight excluding hydrogens is 272 g/mol. The average molecular weight is 286 g/mol. The molecule has 0 bridgehead atoms. The zero-order chi connectivity index (χ0) is 13.7. The molecule has 0 aromatic carbocycles. The number of rotatable bonds is 1. The molecule has 102 valence electrons. The number of nitrogens with one attached hydrogen (secondary N) is 2. The largest absolute Gasteiger partial charge is 0.306 e. The molecule has 1 aliphatic carbocycles. The van der Waals surface area contributed by atoms with Crippen molar-refractivity contribution < 1.29 is 0 Å². The van der Waals surface area contributed by atoms with Crippen molar-refractivity contribution in [2.24, 2.45) is 5.92 Å². The van der Waals surface area contributed by atoms with Gasteiger partial charge < -0.3 is 4.98 Å². The lowest BCUT2D eigenvalue weighted by atomic mass is 9.89. The molecule has 0 saturated heterocycles. The monoisotopic (exact) mass is 286 g/mol. The first kappa shape index (κ1) is 11.8. The summed E-state index contributed by atoms with van der Waals surface area (Å²) >= 11 is 1.67. The summed E-state index contributed by atoms with van der Waals surface area (Å²) in [7, 11) is 0. The van der Waals surface area contributed by atoms with Gasteiger partial charge in [-0.15, -0.1) is 11.3 Å². The molecule has 0 unspecified atom stereocenters. The Kier molecular flexibility index (Phi) is 2.53. The molecular formula is C14H14N4OS. The summed E-state index contributed by atoms with van der Waals surface area (Å²) in [5.41, 5.74) is 2.00. The van der Waals surface area contributed by atoms with Crippen LogP contribution in [-0.2, 0) is 12.8 Å². The zero-order valence-corrected chi connectivity index (χ0v) is 11.9. The second kappa shape index (κ2) is 4.28. The van der Waals surface area contributed by atoms with Gasteiger partial charge in [0.1, 0.15) is 10.7 Å². The van der Waals surface area contributed by atoms with Crippen LogP contribution in [0.25, 0.3) is 21.6 Å². The number of H-pyrrole nitrogens is 2. The van der Waals surface area contributed by atoms with E-state index in [-0.39, 0.29) is 5.56 Å². The molecule has 6 heteroatoms. The fourth-order valence-electron chi connectivity index (χ4n) is 2.87. The third-order valence-electron chi connectivity index (χ3n) is 3.94. The fourth-order valence-corrected chi connectivity index (χ4v) is 4.25. The Morgan fingerprint density at radius 2 is 2.35 bits per heavy atom. The van der Waals surface area contributed by atoms with Crippen molar-refractivity contribution in [3.8, 4) is 11.4 Å². The summed E-state index contributed by atoms with van der Waals surface area (Å²) in [5.74, 6) is 1.28. The maximum Gasteiger partial charge on any atom is 0.260 e. The van der Waals surface area contributed by atoms with Crippen molar-refractivity contribution >= 4 is 21.6 Å². The first-order chi connectivity index (χ1) is 9.72. The van der Waals surface area contributed by atoms with Gasteiger partial charge in [-0.3, -0.25) is 9.89 Å². The second-order valence-corrected chi connectivity index (χ2v) is 6.52. The van der Waals surface area contributed by atoms with Crippen LogP contribution in [0, 0.1) is 5.92 Å². The van der Waals surface area contributed by atoms with Crippen LogP contribution < -0.4 is 5.56 Å². The van der Waals surface area contributed by atoms with Crippen molar-refractivity contribution in [2.75, 3.05) is 0 Å². The van der Waals surface area contributed by atoms with E-state index in [1.54, 1.807) is 23.7 Å². The number of aromatic nitrogens is 4. The van der Waals surface area contributed by atoms with Crippen LogP contribution in [0.1, 0.15) is 23.8 Å². The predicted octanol–water partition coefficient (Wildman–Crippen LogP) is 2.50. The van der Waals surface area contributed by atoms with E-state index in [4.69, 9.17) is 0 Å². The molecule has 0 aliphatic heterocycles. The van der Waals surface area contributed by atoms with E-state index in [0.29, 0.717) is 11.7 Å². The minimum Gasteiger partial charge on any atom is -0.306 e. The number of aromatic amines is 2. The summed E-state index contributed by atoms with van der Waals surface area (Å²) in [6.45, 7) is 2.27. The molecule has 0 spiro atoms. The molecule has 2 N–H and O–H groups in total. The van der Waals surface area contributed by atoms with Gasteiger partial charge in [-0.1, -0.05) is 6.92 Å². The molecule has 20 heavy (non-hydrogen) atoms. The molecule has 3 aromatic heterocycles. The zero-order valence-electron chi connectivity index (χ0n) is 11.1. The van der Waals surface area contributed by atoms with Gasteiger partial charge in [0.25, 0.3) is 5.56 Å². The van der Waals surface area contributed by atoms with E-state index in [1.165, 1.54) is 10.4 Å². The van der Waals surface area contributed by atoms with Gasteiger partial charge >= 0.3 is 0 Å². The highest BCUT2D eigenvalue weighted by Crippen LogP contribution is 2.36. The molecule has 1 aliphatic rings. The smallest absolute Gasteiger partial charge is 0.260 e. The van der Waals surface area contributed by atoms with E-state index in [1.807, 2.05) is 0 Å². The maximum absolute atomic E-state index is 12.4. The van der Waals surface area contributed by atoms with Gasteiger partial charge in [0.2, 0.25) is 0 Å². The summed E-state index contributed by atoms with van der Waals surface area (Å²) < 4.78 is 0. The normalized spacial score (nSPS) is 18.4. The Labute approximate surface area is 119 Å². The molecule has 3 aromatic rings. The Hall–Kier alpha value is -1.95. The second-order valence-electron chi connectivity index (χ2n) is 5.43. The van der Waals surface area contributed by atoms with Gasteiger partial charge in [-0.2, -0.15) is 5.10 Å². The number of aryl methyl sites for hydroxylation is 1. The molecule has 3 heterocycles. The van der Waals surface area contributed by atoms with Gasteiger partial charge in [0.05, 0.1) is 17.1 Å². The van der Waals surface area contributed by atoms with E-state index >= 15 is 0 Å². The van der Waals surface area contributed by atoms with Gasteiger partial charge in [-0.25, -0.2) is 4.98 Å². The standard InChI is InChI=1S/C14H14N4OS/c1-7-2-3-9-10(4-7)20-14-11(9)13(19)17-12(18-14)8-5-15-16-6-8/h5-7H,2-4H2,1H3,(H,15,16)(H,17,18,19)/t7-/m1/s1. The summed E-state index contributed by atoms with van der Waals surface area (Å²) in [6, 6.07) is 0. The van der Waals surface area contributed by atoms with Crippen molar-refractivity contribution in [2.45, 2.75) is 26.2 Å². The lowest BCUT2D eigenvalue weighted by molar-refractivity contribution is 0.509. The summed E-state index contributed by atoms with van der Waals surface area (Å²) in [4.78, 5) is 22.1. The van der Waals surface area contributed by atoms with Crippen LogP contribution in [0.4, 0.5) is 0 Å². The highest BCUT2D eigenvalue weighted by molar-refractivity contribution is 7.18. The van der Waals surface area contributed by atoms with Crippen LogP contribution in [0.3, 0.4) is 0 Å². The number of fused-ring (bicyclic) bond motifs is 3. The van der Waals surface area contributed by atoms with Crippen LogP contribution >= 0.6 is 11.3 Å². The lowest BCUT2D eigenvalue weighted by Crippen LogP contribution is -2.13. The SMILES string of the molecule is C[C@@H]1CCc2c(sc3nc(-c4cn[nH]c4)[nH]c(=O)c23)C1. The number of thiophene rings is 1. The number of hydrogen-bond acceptors (Lipinski definition) is 4. The number of nitrogens with zero attached hydrogens (tertiary/aromatic N) is 2. The Balaban J connectivity index is 1.96. The van der Waals surface area contributed by atoms with E-state index in [0.717, 1.165) is 35.0 Å². The van der Waals surface area contributed by atoms with Gasteiger partial charge in [0.15, 0.2) is 0 Å². The average Bonchev–Trinajstić information content (AvgIpc) is 3.04. The first-order valence-corrected chi connectivity index (χ1v) is 7.57. The predicted molar refractivity (Wildman–Crippen MR) is 79.0 cm³/mol. The van der Waals surface area contributed by atoms with Crippen LogP contribution in [0.15, 0.2) is 17.2 Å². The van der Waals surface area contributed by atoms with Crippen molar-refractivity contribution in [3.05, 3.63) is 33.2 Å². The highest BCUT2D eigenvalue weighted by Gasteiger charge is 2.23. The Morgan fingerprint density at radius 3 is 3.15 bits per heavy atom. The number of hydrogen-bond donors (Lipinski definition) is 2. The van der Waals surface area contributed by atoms with Crippen molar-refractivity contribution in [1.82, 2.24) is 20.2 Å². The van der Waals surface area contributed by atoms with Crippen LogP contribution in [-0.4, -0.2) is 20.2 Å². The third kappa shape index (κ3) is 1.71. The van der Waals surface area contributed by atoms with Crippen LogP contribution in [0.2, 0.25) is 0 Å². The minimum absolute atomic E-state index is 0.0294. The molecule has 0 fully saturated rings. The van der Waals surface area contributed by atoms with E-state index < -0.39 is 0 Å². The Bertz CT molecular complexity index is 831. The third-order valence-corrected chi connectivity index (χ3v) is 5.09. The quantitative estimate of drug-likeness (QED) is 0.721. The fraction of sp³-hybridized carbons (Fsp3) is 0.357. The molecule has 0 amide bonds. The van der Waals surface area contributed by atoms with Gasteiger partial charge in [0, 0.05) is 11.1 Å². The van der Waals surface area contributed by atoms with E-state index in [2.05, 4.69) is 27.1 Å². The highest BCUT2D eigenvalue weighted by atomic mass is 32.1. The summed E-state index contributed by atoms with van der Waals surface area (Å²) in [6.07, 6.45) is 6.62. The van der Waals surface area contributed by atoms with Crippen LogP contribution in [0.5, 0.6) is 0 Å². The first-order valence-electron chi connectivity index (χ1n) is 6.76. The summed E-state index contributed by atoms with van der Waals surface area (Å²) in [5, 5.41) is 7.44. The minimum atomic E-state index is -0.0294. The van der Waals surface area contributed by atoms with Crippen molar-refractivity contribution in [1.29, 1.82) is 0 Å². The molecule has 1 atom stereocenters. The molecule has 0 radical (unpaired) electrons. The topological polar surface area (TPSA) is 74.4 Å². The Morgan fingerprint density at radius 1 is 1.45 bits per heavy atom. The lowest BCUT2D eigenvalue weighted by Gasteiger charge is -2.17. The molecule has 4 rings (SSSR count). The molecule has 5 nitrogen and oxygen atoms in total. The maximum atomic E-state index is 12.4. The van der Waals surface area contributed by atoms with Gasteiger partial charge in [-0.05, 0) is 30.7 Å².